The maximum atomic E-state index is 13.1. The molecule has 2 heterocycles. The van der Waals surface area contributed by atoms with Crippen LogP contribution in [-0.4, -0.2) is 32.6 Å². The number of hydrogen-bond donors (Lipinski definition) is 0. The maximum Gasteiger partial charge on any atom is 0.290 e. The Bertz CT molecular complexity index is 1090. The van der Waals surface area contributed by atoms with E-state index in [1.165, 1.54) is 12.6 Å². The fourth-order valence-electron chi connectivity index (χ4n) is 3.12. The molecule has 30 heavy (non-hydrogen) atoms. The summed E-state index contributed by atoms with van der Waals surface area (Å²) in [5.74, 6) is 0.838. The summed E-state index contributed by atoms with van der Waals surface area (Å²) in [5.41, 5.74) is 2.62. The monoisotopic (exact) mass is 402 g/mol. The molecule has 7 nitrogen and oxygen atoms in total. The Morgan fingerprint density at radius 1 is 1.13 bits per heavy atom. The number of carbonyl (C=O) groups excluding carboxylic acids is 1. The van der Waals surface area contributed by atoms with Gasteiger partial charge in [-0.3, -0.25) is 4.79 Å². The van der Waals surface area contributed by atoms with Crippen molar-refractivity contribution in [2.24, 2.45) is 0 Å². The third kappa shape index (κ3) is 4.10. The Balaban J connectivity index is 1.45. The van der Waals surface area contributed by atoms with Crippen LogP contribution in [-0.2, 0) is 6.61 Å². The lowest BCUT2D eigenvalue weighted by Gasteiger charge is -2.25. The van der Waals surface area contributed by atoms with Crippen LogP contribution in [0.3, 0.4) is 0 Å². The molecule has 0 fully saturated rings. The molecule has 2 aromatic heterocycles. The zero-order valence-corrected chi connectivity index (χ0v) is 16.8. The highest BCUT2D eigenvalue weighted by molar-refractivity contribution is 5.93. The molecule has 1 atom stereocenters. The maximum absolute atomic E-state index is 13.1. The van der Waals surface area contributed by atoms with E-state index in [1.54, 1.807) is 29.0 Å². The van der Waals surface area contributed by atoms with E-state index in [4.69, 9.17) is 9.15 Å². The van der Waals surface area contributed by atoms with Crippen molar-refractivity contribution in [3.8, 4) is 11.4 Å². The van der Waals surface area contributed by atoms with E-state index in [1.807, 2.05) is 61.5 Å². The highest BCUT2D eigenvalue weighted by Crippen LogP contribution is 2.24. The molecule has 1 amide bonds. The molecule has 0 aliphatic rings. The number of benzene rings is 2. The highest BCUT2D eigenvalue weighted by Gasteiger charge is 2.24. The first kappa shape index (κ1) is 19.4. The van der Waals surface area contributed by atoms with Crippen molar-refractivity contribution in [3.05, 3.63) is 96.5 Å². The van der Waals surface area contributed by atoms with E-state index in [0.29, 0.717) is 11.3 Å². The minimum Gasteiger partial charge on any atom is -0.489 e. The Kier molecular flexibility index (Phi) is 5.61. The van der Waals surface area contributed by atoms with Gasteiger partial charge < -0.3 is 14.1 Å². The van der Waals surface area contributed by atoms with Gasteiger partial charge >= 0.3 is 0 Å². The van der Waals surface area contributed by atoms with Crippen molar-refractivity contribution in [2.75, 3.05) is 7.05 Å². The van der Waals surface area contributed by atoms with E-state index >= 15 is 0 Å². The third-order valence-electron chi connectivity index (χ3n) is 5.04. The number of aromatic nitrogens is 3. The third-order valence-corrected chi connectivity index (χ3v) is 5.04. The van der Waals surface area contributed by atoms with Gasteiger partial charge in [0.25, 0.3) is 5.91 Å². The number of carbonyl (C=O) groups is 1. The van der Waals surface area contributed by atoms with E-state index in [0.717, 1.165) is 17.0 Å². The molecule has 4 aromatic rings. The average molecular weight is 402 g/mol. The van der Waals surface area contributed by atoms with Crippen LogP contribution in [0.25, 0.3) is 5.69 Å². The molecule has 7 heteroatoms. The lowest BCUT2D eigenvalue weighted by Crippen LogP contribution is -2.30. The van der Waals surface area contributed by atoms with Crippen molar-refractivity contribution in [1.29, 1.82) is 0 Å². The lowest BCUT2D eigenvalue weighted by molar-refractivity contribution is 0.0706. The molecule has 0 N–H and O–H groups in total. The highest BCUT2D eigenvalue weighted by atomic mass is 16.5. The van der Waals surface area contributed by atoms with Crippen molar-refractivity contribution in [1.82, 2.24) is 19.7 Å². The van der Waals surface area contributed by atoms with Gasteiger partial charge in [-0.2, -0.15) is 5.10 Å². The second-order valence-electron chi connectivity index (χ2n) is 6.90. The van der Waals surface area contributed by atoms with Gasteiger partial charge in [-0.05, 0) is 42.8 Å². The van der Waals surface area contributed by atoms with E-state index < -0.39 is 0 Å². The molecular weight excluding hydrogens is 380 g/mol. The molecule has 0 bridgehead atoms. The first-order valence-electron chi connectivity index (χ1n) is 9.60. The summed E-state index contributed by atoms with van der Waals surface area (Å²) in [6.45, 7) is 2.24. The Labute approximate surface area is 174 Å². The summed E-state index contributed by atoms with van der Waals surface area (Å²) < 4.78 is 13.0. The van der Waals surface area contributed by atoms with Gasteiger partial charge in [0, 0.05) is 12.6 Å². The van der Waals surface area contributed by atoms with Gasteiger partial charge in [0.2, 0.25) is 0 Å². The normalized spacial score (nSPS) is 11.8. The summed E-state index contributed by atoms with van der Waals surface area (Å²) in [5, 5.41) is 4.12. The van der Waals surface area contributed by atoms with Gasteiger partial charge in [-0.1, -0.05) is 30.3 Å². The molecular formula is C23H22N4O3. The lowest BCUT2D eigenvalue weighted by atomic mass is 10.1. The first-order chi connectivity index (χ1) is 14.6. The number of hydrogen-bond acceptors (Lipinski definition) is 5. The molecule has 0 aliphatic heterocycles. The SMILES string of the molecule is CC(c1ccc(-n2cncn2)cc1)N(C)C(=O)c1occc1COc1ccccc1. The van der Waals surface area contributed by atoms with Crippen LogP contribution in [0, 0.1) is 0 Å². The quantitative estimate of drug-likeness (QED) is 0.461. The first-order valence-corrected chi connectivity index (χ1v) is 9.60. The fourth-order valence-corrected chi connectivity index (χ4v) is 3.12. The second-order valence-corrected chi connectivity index (χ2v) is 6.90. The molecule has 0 spiro atoms. The van der Waals surface area contributed by atoms with E-state index in [-0.39, 0.29) is 18.6 Å². The summed E-state index contributed by atoms with van der Waals surface area (Å²) >= 11 is 0. The zero-order chi connectivity index (χ0) is 20.9. The number of rotatable bonds is 7. The molecule has 1 unspecified atom stereocenters. The predicted molar refractivity (Wildman–Crippen MR) is 111 cm³/mol. The van der Waals surface area contributed by atoms with Crippen LogP contribution >= 0.6 is 0 Å². The van der Waals surface area contributed by atoms with Crippen molar-refractivity contribution in [3.63, 3.8) is 0 Å². The van der Waals surface area contributed by atoms with Crippen molar-refractivity contribution < 1.29 is 13.9 Å². The molecule has 0 saturated carbocycles. The van der Waals surface area contributed by atoms with Crippen LogP contribution in [0.2, 0.25) is 0 Å². The van der Waals surface area contributed by atoms with Gasteiger partial charge in [0.15, 0.2) is 5.76 Å². The Morgan fingerprint density at radius 3 is 2.60 bits per heavy atom. The number of ether oxygens (including phenoxy) is 1. The number of furan rings is 1. The van der Waals surface area contributed by atoms with Crippen LogP contribution < -0.4 is 4.74 Å². The average Bonchev–Trinajstić information content (AvgIpc) is 3.49. The van der Waals surface area contributed by atoms with Crippen LogP contribution in [0.1, 0.15) is 34.6 Å². The number of para-hydroxylation sites is 1. The van der Waals surface area contributed by atoms with Crippen molar-refractivity contribution in [2.45, 2.75) is 19.6 Å². The minimum absolute atomic E-state index is 0.143. The van der Waals surface area contributed by atoms with Crippen LogP contribution in [0.5, 0.6) is 5.75 Å². The fraction of sp³-hybridized carbons (Fsp3) is 0.174. The zero-order valence-electron chi connectivity index (χ0n) is 16.8. The molecule has 4 rings (SSSR count). The summed E-state index contributed by atoms with van der Waals surface area (Å²) in [7, 11) is 1.77. The van der Waals surface area contributed by atoms with Gasteiger partial charge in [-0.25, -0.2) is 9.67 Å². The molecule has 0 saturated heterocycles. The topological polar surface area (TPSA) is 73.4 Å². The van der Waals surface area contributed by atoms with E-state index in [9.17, 15) is 4.79 Å². The largest absolute Gasteiger partial charge is 0.489 e. The van der Waals surface area contributed by atoms with Gasteiger partial charge in [0.1, 0.15) is 25.0 Å². The Hall–Kier alpha value is -3.87. The van der Waals surface area contributed by atoms with Crippen molar-refractivity contribution >= 4 is 5.91 Å². The number of nitrogens with zero attached hydrogens (tertiary/aromatic N) is 4. The smallest absolute Gasteiger partial charge is 0.290 e. The van der Waals surface area contributed by atoms with Gasteiger partial charge in [-0.15, -0.1) is 0 Å². The standard InChI is InChI=1S/C23H22N4O3/c1-17(18-8-10-20(11-9-18)27-16-24-15-25-27)26(2)23(28)22-19(12-13-29-22)14-30-21-6-4-3-5-7-21/h3-13,15-17H,14H2,1-2H3. The van der Waals surface area contributed by atoms with Crippen LogP contribution in [0.4, 0.5) is 0 Å². The summed E-state index contributed by atoms with van der Waals surface area (Å²) in [4.78, 5) is 18.7. The second kappa shape index (κ2) is 8.65. The molecule has 0 radical (unpaired) electrons. The van der Waals surface area contributed by atoms with Crippen LogP contribution in [0.15, 0.2) is 84.0 Å². The molecule has 2 aromatic carbocycles. The molecule has 152 valence electrons. The van der Waals surface area contributed by atoms with Gasteiger partial charge in [0.05, 0.1) is 18.0 Å². The predicted octanol–water partition coefficient (Wildman–Crippen LogP) is 4.27. The minimum atomic E-state index is -0.195. The number of amides is 1. The summed E-state index contributed by atoms with van der Waals surface area (Å²) in [6.07, 6.45) is 4.65. The summed E-state index contributed by atoms with van der Waals surface area (Å²) in [6, 6.07) is 19.0. The van der Waals surface area contributed by atoms with E-state index in [2.05, 4.69) is 10.1 Å². The Morgan fingerprint density at radius 2 is 1.90 bits per heavy atom. The molecule has 0 aliphatic carbocycles.